The zero-order valence-corrected chi connectivity index (χ0v) is 20.8. The fourth-order valence-electron chi connectivity index (χ4n) is 3.81. The van der Waals surface area contributed by atoms with Gasteiger partial charge < -0.3 is 48.3 Å². The Bertz CT molecular complexity index is 1140. The summed E-state index contributed by atoms with van der Waals surface area (Å²) in [5.41, 5.74) is 17.7. The summed E-state index contributed by atoms with van der Waals surface area (Å²) in [7, 11) is 0. The number of aliphatic hydroxyl groups excluding tert-OH is 1. The molecule has 2 rings (SSSR count). The number of fused-ring (bicyclic) bond motifs is 1. The normalized spacial score (nSPS) is 14.2. The summed E-state index contributed by atoms with van der Waals surface area (Å²) in [6.07, 6.45) is 2.29. The van der Waals surface area contributed by atoms with Crippen molar-refractivity contribution in [2.75, 3.05) is 13.2 Å². The van der Waals surface area contributed by atoms with Crippen molar-refractivity contribution in [1.82, 2.24) is 20.9 Å². The molecule has 0 radical (unpaired) electrons. The number of aliphatic hydroxyl groups is 1. The Morgan fingerprint density at radius 3 is 2.18 bits per heavy atom. The minimum atomic E-state index is -1.50. The number of nitrogens with one attached hydrogen (secondary N) is 4. The standard InChI is InChI=1S/C24H35N7O7/c25-8-4-3-7-17(29-21(34)15(26)10-20(27)33)22(35)31-19(12-32)23(36)30-18(24(37)38)9-13-11-28-16-6-2-1-5-14(13)16/h1-2,5-6,11,15,17-19,28,32H,3-4,7-10,12,25-26H2,(H2,27,33)(H,29,34)(H,30,36)(H,31,35)(H,37,38). The molecule has 4 unspecified atom stereocenters. The molecule has 0 aliphatic heterocycles. The van der Waals surface area contributed by atoms with Crippen molar-refractivity contribution in [2.45, 2.75) is 56.3 Å². The number of aromatic nitrogens is 1. The Kier molecular flexibility index (Phi) is 11.7. The second-order valence-corrected chi connectivity index (χ2v) is 8.83. The highest BCUT2D eigenvalue weighted by molar-refractivity contribution is 5.95. The Morgan fingerprint density at radius 1 is 0.921 bits per heavy atom. The summed E-state index contributed by atoms with van der Waals surface area (Å²) in [5, 5.41) is 27.3. The third kappa shape index (κ3) is 8.83. The van der Waals surface area contributed by atoms with Crippen LogP contribution in [0, 0.1) is 0 Å². The molecule has 12 N–H and O–H groups in total. The maximum atomic E-state index is 12.9. The molecule has 14 nitrogen and oxygen atoms in total. The van der Waals surface area contributed by atoms with Gasteiger partial charge in [-0.3, -0.25) is 19.2 Å². The van der Waals surface area contributed by atoms with E-state index in [2.05, 4.69) is 20.9 Å². The molecule has 1 aromatic carbocycles. The lowest BCUT2D eigenvalue weighted by Crippen LogP contribution is -2.58. The number of primary amides is 1. The highest BCUT2D eigenvalue weighted by atomic mass is 16.4. The largest absolute Gasteiger partial charge is 0.480 e. The maximum Gasteiger partial charge on any atom is 0.326 e. The average Bonchev–Trinajstić information content (AvgIpc) is 3.28. The molecule has 4 atom stereocenters. The molecule has 0 spiro atoms. The first-order chi connectivity index (χ1) is 18.1. The average molecular weight is 534 g/mol. The zero-order valence-electron chi connectivity index (χ0n) is 20.8. The van der Waals surface area contributed by atoms with E-state index in [0.29, 0.717) is 24.9 Å². The second kappa shape index (κ2) is 14.7. The number of carbonyl (C=O) groups excluding carboxylic acids is 4. The van der Waals surface area contributed by atoms with Crippen molar-refractivity contribution in [3.8, 4) is 0 Å². The number of H-pyrrole nitrogens is 1. The lowest BCUT2D eigenvalue weighted by atomic mass is 10.0. The van der Waals surface area contributed by atoms with Crippen molar-refractivity contribution in [1.29, 1.82) is 0 Å². The summed E-state index contributed by atoms with van der Waals surface area (Å²) in [5.74, 6) is -4.63. The SMILES string of the molecule is NCCCCC(NC(=O)C(N)CC(N)=O)C(=O)NC(CO)C(=O)NC(Cc1c[nH]c2ccccc12)C(=O)O. The number of hydrogen-bond donors (Lipinski definition) is 9. The smallest absolute Gasteiger partial charge is 0.326 e. The summed E-state index contributed by atoms with van der Waals surface area (Å²) < 4.78 is 0. The molecule has 1 heterocycles. The van der Waals surface area contributed by atoms with Crippen LogP contribution in [0.4, 0.5) is 0 Å². The number of unbranched alkanes of at least 4 members (excludes halogenated alkanes) is 1. The first kappa shape index (κ1) is 30.2. The molecule has 0 saturated heterocycles. The number of carboxylic acids is 1. The van der Waals surface area contributed by atoms with Crippen LogP contribution in [-0.4, -0.2) is 82.1 Å². The summed E-state index contributed by atoms with van der Waals surface area (Å²) >= 11 is 0. The Balaban J connectivity index is 2.09. The molecular formula is C24H35N7O7. The van der Waals surface area contributed by atoms with Gasteiger partial charge in [-0.2, -0.15) is 0 Å². The van der Waals surface area contributed by atoms with Gasteiger partial charge in [-0.25, -0.2) is 4.79 Å². The molecule has 0 bridgehead atoms. The van der Waals surface area contributed by atoms with Crippen LogP contribution in [0.15, 0.2) is 30.5 Å². The molecule has 14 heteroatoms. The Hall–Kier alpha value is -4.01. The van der Waals surface area contributed by atoms with Gasteiger partial charge in [0, 0.05) is 23.5 Å². The van der Waals surface area contributed by atoms with Crippen LogP contribution >= 0.6 is 0 Å². The van der Waals surface area contributed by atoms with Gasteiger partial charge in [0.15, 0.2) is 0 Å². The molecule has 0 aliphatic rings. The second-order valence-electron chi connectivity index (χ2n) is 8.83. The molecule has 208 valence electrons. The van der Waals surface area contributed by atoms with Gasteiger partial charge in [0.25, 0.3) is 0 Å². The topological polar surface area (TPSA) is 256 Å². The van der Waals surface area contributed by atoms with E-state index >= 15 is 0 Å². The van der Waals surface area contributed by atoms with Gasteiger partial charge in [-0.15, -0.1) is 0 Å². The number of aromatic amines is 1. The first-order valence-corrected chi connectivity index (χ1v) is 12.1. The number of hydrogen-bond acceptors (Lipinski definition) is 8. The number of aliphatic carboxylic acids is 1. The van der Waals surface area contributed by atoms with E-state index in [1.807, 2.05) is 18.2 Å². The number of para-hydroxylation sites is 1. The van der Waals surface area contributed by atoms with Crippen molar-refractivity contribution in [2.24, 2.45) is 17.2 Å². The quantitative estimate of drug-likeness (QED) is 0.104. The van der Waals surface area contributed by atoms with E-state index in [-0.39, 0.29) is 12.8 Å². The summed E-state index contributed by atoms with van der Waals surface area (Å²) in [6, 6.07) is 1.98. The van der Waals surface area contributed by atoms with E-state index < -0.39 is 66.8 Å². The molecule has 0 aliphatic carbocycles. The van der Waals surface area contributed by atoms with E-state index in [1.165, 1.54) is 0 Å². The fraction of sp³-hybridized carbons (Fsp3) is 0.458. The highest BCUT2D eigenvalue weighted by Gasteiger charge is 2.30. The number of rotatable bonds is 16. The van der Waals surface area contributed by atoms with Crippen LogP contribution in [0.2, 0.25) is 0 Å². The third-order valence-corrected chi connectivity index (χ3v) is 5.87. The highest BCUT2D eigenvalue weighted by Crippen LogP contribution is 2.19. The van der Waals surface area contributed by atoms with Gasteiger partial charge in [0.05, 0.1) is 19.1 Å². The molecule has 4 amide bonds. The fourth-order valence-corrected chi connectivity index (χ4v) is 3.81. The van der Waals surface area contributed by atoms with Crippen molar-refractivity contribution >= 4 is 40.5 Å². The molecule has 2 aromatic rings. The lowest BCUT2D eigenvalue weighted by molar-refractivity contribution is -0.142. The summed E-state index contributed by atoms with van der Waals surface area (Å²) in [4.78, 5) is 64.0. The minimum Gasteiger partial charge on any atom is -0.480 e. The van der Waals surface area contributed by atoms with E-state index in [9.17, 15) is 34.2 Å². The van der Waals surface area contributed by atoms with Gasteiger partial charge in [-0.1, -0.05) is 18.2 Å². The monoisotopic (exact) mass is 533 g/mol. The van der Waals surface area contributed by atoms with Crippen LogP contribution in [0.3, 0.4) is 0 Å². The number of carbonyl (C=O) groups is 5. The van der Waals surface area contributed by atoms with Crippen molar-refractivity contribution < 1.29 is 34.2 Å². The third-order valence-electron chi connectivity index (χ3n) is 5.87. The van der Waals surface area contributed by atoms with Crippen molar-refractivity contribution in [3.05, 3.63) is 36.0 Å². The van der Waals surface area contributed by atoms with Gasteiger partial charge in [0.1, 0.15) is 18.1 Å². The van der Waals surface area contributed by atoms with Crippen LogP contribution in [0.25, 0.3) is 10.9 Å². The number of carboxylic acid groups (broad SMARTS) is 1. The first-order valence-electron chi connectivity index (χ1n) is 12.1. The van der Waals surface area contributed by atoms with Crippen LogP contribution in [-0.2, 0) is 30.4 Å². The predicted octanol–water partition coefficient (Wildman–Crippen LogP) is -2.43. The molecule has 1 aromatic heterocycles. The number of amides is 4. The molecule has 0 saturated carbocycles. The predicted molar refractivity (Wildman–Crippen MR) is 137 cm³/mol. The van der Waals surface area contributed by atoms with Gasteiger partial charge >= 0.3 is 5.97 Å². The molecule has 0 fully saturated rings. The number of benzene rings is 1. The van der Waals surface area contributed by atoms with Crippen LogP contribution in [0.1, 0.15) is 31.2 Å². The van der Waals surface area contributed by atoms with Gasteiger partial charge in [-0.05, 0) is 37.4 Å². The molecule has 38 heavy (non-hydrogen) atoms. The van der Waals surface area contributed by atoms with Crippen LogP contribution < -0.4 is 33.2 Å². The zero-order chi connectivity index (χ0) is 28.2. The maximum absolute atomic E-state index is 12.9. The Morgan fingerprint density at radius 2 is 1.55 bits per heavy atom. The van der Waals surface area contributed by atoms with E-state index in [0.717, 1.165) is 10.9 Å². The Labute approximate surface area is 218 Å². The van der Waals surface area contributed by atoms with Crippen LogP contribution in [0.5, 0.6) is 0 Å². The number of nitrogens with two attached hydrogens (primary N) is 3. The van der Waals surface area contributed by atoms with Gasteiger partial charge in [0.2, 0.25) is 23.6 Å². The summed E-state index contributed by atoms with van der Waals surface area (Å²) in [6.45, 7) is -0.486. The minimum absolute atomic E-state index is 0.0489. The van der Waals surface area contributed by atoms with Crippen molar-refractivity contribution in [3.63, 3.8) is 0 Å². The molecular weight excluding hydrogens is 498 g/mol. The van der Waals surface area contributed by atoms with E-state index in [1.54, 1.807) is 12.3 Å². The van der Waals surface area contributed by atoms with E-state index in [4.69, 9.17) is 17.2 Å². The lowest BCUT2D eigenvalue weighted by Gasteiger charge is -2.24.